The van der Waals surface area contributed by atoms with E-state index in [0.717, 1.165) is 17.1 Å². The first-order valence-electron chi connectivity index (χ1n) is 6.67. The van der Waals surface area contributed by atoms with Crippen molar-refractivity contribution in [2.75, 3.05) is 19.4 Å². The van der Waals surface area contributed by atoms with Crippen molar-refractivity contribution in [3.63, 3.8) is 0 Å². The molecule has 1 amide bonds. The highest BCUT2D eigenvalue weighted by molar-refractivity contribution is 7.99. The minimum atomic E-state index is -0.465. The Morgan fingerprint density at radius 2 is 2.10 bits per heavy atom. The van der Waals surface area contributed by atoms with Gasteiger partial charge in [-0.05, 0) is 44.5 Å². The first-order chi connectivity index (χ1) is 9.39. The van der Waals surface area contributed by atoms with Crippen LogP contribution < -0.4 is 4.74 Å². The maximum Gasteiger partial charge on any atom is 0.410 e. The monoisotopic (exact) mass is 295 g/mol. The van der Waals surface area contributed by atoms with Gasteiger partial charge in [-0.3, -0.25) is 0 Å². The number of hydrogen-bond acceptors (Lipinski definition) is 4. The van der Waals surface area contributed by atoms with Crippen LogP contribution in [0.1, 0.15) is 26.3 Å². The van der Waals surface area contributed by atoms with Crippen LogP contribution in [-0.4, -0.2) is 36.0 Å². The van der Waals surface area contributed by atoms with Crippen molar-refractivity contribution >= 4 is 17.9 Å². The lowest BCUT2D eigenvalue weighted by Crippen LogP contribution is -2.37. The van der Waals surface area contributed by atoms with E-state index in [2.05, 4.69) is 6.07 Å². The zero-order chi connectivity index (χ0) is 14.8. The van der Waals surface area contributed by atoms with Crippen molar-refractivity contribution in [1.82, 2.24) is 4.90 Å². The van der Waals surface area contributed by atoms with Crippen molar-refractivity contribution in [1.29, 1.82) is 0 Å². The summed E-state index contributed by atoms with van der Waals surface area (Å²) in [5, 5.41) is 0. The summed E-state index contributed by atoms with van der Waals surface area (Å²) in [5.74, 6) is 1.69. The minimum absolute atomic E-state index is 0.256. The number of carbonyl (C=O) groups excluding carboxylic acids is 1. The molecule has 5 heteroatoms. The van der Waals surface area contributed by atoms with Crippen LogP contribution in [-0.2, 0) is 11.3 Å². The number of methoxy groups -OCH3 is 1. The molecule has 0 fully saturated rings. The molecule has 1 aromatic carbocycles. The molecular formula is C15H21NO3S. The van der Waals surface area contributed by atoms with Crippen LogP contribution in [0.5, 0.6) is 5.75 Å². The van der Waals surface area contributed by atoms with E-state index in [4.69, 9.17) is 9.47 Å². The second-order valence-corrected chi connectivity index (χ2v) is 6.86. The number of hydrogen-bond donors (Lipinski definition) is 0. The van der Waals surface area contributed by atoms with Crippen molar-refractivity contribution in [3.8, 4) is 5.75 Å². The fourth-order valence-corrected chi connectivity index (χ4v) is 2.98. The molecule has 1 aromatic rings. The minimum Gasteiger partial charge on any atom is -0.497 e. The van der Waals surface area contributed by atoms with Crippen molar-refractivity contribution in [2.24, 2.45) is 0 Å². The fourth-order valence-electron chi connectivity index (χ4n) is 1.98. The van der Waals surface area contributed by atoms with Crippen molar-refractivity contribution < 1.29 is 14.3 Å². The Bertz CT molecular complexity index is 496. The normalized spacial score (nSPS) is 15.3. The van der Waals surface area contributed by atoms with Gasteiger partial charge in [-0.25, -0.2) is 4.79 Å². The summed E-state index contributed by atoms with van der Waals surface area (Å²) in [4.78, 5) is 15.2. The largest absolute Gasteiger partial charge is 0.497 e. The third-order valence-electron chi connectivity index (χ3n) is 2.90. The lowest BCUT2D eigenvalue weighted by molar-refractivity contribution is 0.0247. The van der Waals surface area contributed by atoms with Crippen molar-refractivity contribution in [3.05, 3.63) is 23.8 Å². The number of fused-ring (bicyclic) bond motifs is 1. The highest BCUT2D eigenvalue weighted by Gasteiger charge is 2.24. The van der Waals surface area contributed by atoms with Crippen LogP contribution in [0, 0.1) is 0 Å². The van der Waals surface area contributed by atoms with E-state index < -0.39 is 5.60 Å². The number of thioether (sulfide) groups is 1. The van der Waals surface area contributed by atoms with Crippen LogP contribution in [0.4, 0.5) is 4.79 Å². The van der Waals surface area contributed by atoms with Crippen LogP contribution in [0.25, 0.3) is 0 Å². The molecule has 0 aromatic heterocycles. The first kappa shape index (κ1) is 15.0. The van der Waals surface area contributed by atoms with Gasteiger partial charge in [-0.2, -0.15) is 0 Å². The van der Waals surface area contributed by atoms with Gasteiger partial charge in [0.25, 0.3) is 0 Å². The molecule has 0 saturated heterocycles. The second-order valence-electron chi connectivity index (χ2n) is 5.72. The number of rotatable bonds is 1. The third kappa shape index (κ3) is 3.82. The molecule has 0 N–H and O–H groups in total. The van der Waals surface area contributed by atoms with Crippen LogP contribution in [0.2, 0.25) is 0 Å². The van der Waals surface area contributed by atoms with Crippen LogP contribution in [0.3, 0.4) is 0 Å². The Kier molecular flexibility index (Phi) is 4.48. The average molecular weight is 295 g/mol. The SMILES string of the molecule is COc1ccc2c(c1)CN(C(=O)OC(C)(C)C)CCS2. The van der Waals surface area contributed by atoms with Crippen molar-refractivity contribution in [2.45, 2.75) is 37.8 Å². The quantitative estimate of drug-likeness (QED) is 0.794. The summed E-state index contributed by atoms with van der Waals surface area (Å²) in [6.07, 6.45) is -0.256. The average Bonchev–Trinajstić information content (AvgIpc) is 2.57. The molecular weight excluding hydrogens is 274 g/mol. The number of benzene rings is 1. The number of carbonyl (C=O) groups is 1. The summed E-state index contributed by atoms with van der Waals surface area (Å²) in [6.45, 7) is 6.91. The Morgan fingerprint density at radius 3 is 2.75 bits per heavy atom. The Morgan fingerprint density at radius 1 is 1.35 bits per heavy atom. The fraction of sp³-hybridized carbons (Fsp3) is 0.533. The zero-order valence-electron chi connectivity index (χ0n) is 12.4. The van der Waals surface area contributed by atoms with Gasteiger partial charge in [-0.15, -0.1) is 11.8 Å². The topological polar surface area (TPSA) is 38.8 Å². The van der Waals surface area contributed by atoms with Crippen LogP contribution >= 0.6 is 11.8 Å². The number of nitrogens with zero attached hydrogens (tertiary/aromatic N) is 1. The van der Waals surface area contributed by atoms with E-state index in [1.807, 2.05) is 32.9 Å². The van der Waals surface area contributed by atoms with Gasteiger partial charge in [0.05, 0.1) is 13.7 Å². The first-order valence-corrected chi connectivity index (χ1v) is 7.65. The number of amides is 1. The van der Waals surface area contributed by atoms with Gasteiger partial charge in [0, 0.05) is 17.2 Å². The van der Waals surface area contributed by atoms with E-state index in [1.165, 1.54) is 4.90 Å². The summed E-state index contributed by atoms with van der Waals surface area (Å²) < 4.78 is 10.7. The maximum absolute atomic E-state index is 12.2. The van der Waals surface area contributed by atoms with Gasteiger partial charge >= 0.3 is 6.09 Å². The van der Waals surface area contributed by atoms with Gasteiger partial charge in [0.15, 0.2) is 0 Å². The molecule has 1 aliphatic rings. The Balaban J connectivity index is 2.16. The molecule has 4 nitrogen and oxygen atoms in total. The summed E-state index contributed by atoms with van der Waals surface area (Å²) in [6, 6.07) is 6.00. The highest BCUT2D eigenvalue weighted by atomic mass is 32.2. The van der Waals surface area contributed by atoms with Gasteiger partial charge in [0.2, 0.25) is 0 Å². The summed E-state index contributed by atoms with van der Waals surface area (Å²) >= 11 is 1.76. The van der Waals surface area contributed by atoms with Gasteiger partial charge in [0.1, 0.15) is 11.4 Å². The Labute approximate surface area is 124 Å². The maximum atomic E-state index is 12.2. The highest BCUT2D eigenvalue weighted by Crippen LogP contribution is 2.30. The molecule has 0 unspecified atom stereocenters. The molecule has 1 aliphatic heterocycles. The smallest absolute Gasteiger partial charge is 0.410 e. The molecule has 0 spiro atoms. The zero-order valence-corrected chi connectivity index (χ0v) is 13.3. The molecule has 0 saturated carbocycles. The standard InChI is InChI=1S/C15H21NO3S/c1-15(2,3)19-14(17)16-7-8-20-13-6-5-12(18-4)9-11(13)10-16/h5-6,9H,7-8,10H2,1-4H3. The molecule has 2 rings (SSSR count). The molecule has 20 heavy (non-hydrogen) atoms. The predicted octanol–water partition coefficient (Wildman–Crippen LogP) is 3.54. The lowest BCUT2D eigenvalue weighted by atomic mass is 10.2. The molecule has 0 aliphatic carbocycles. The van der Waals surface area contributed by atoms with E-state index >= 15 is 0 Å². The van der Waals surface area contributed by atoms with E-state index in [-0.39, 0.29) is 6.09 Å². The summed E-state index contributed by atoms with van der Waals surface area (Å²) in [7, 11) is 1.65. The van der Waals surface area contributed by atoms with E-state index in [9.17, 15) is 4.79 Å². The number of ether oxygens (including phenoxy) is 2. The summed E-state index contributed by atoms with van der Waals surface area (Å²) in [5.41, 5.74) is 0.644. The van der Waals surface area contributed by atoms with E-state index in [0.29, 0.717) is 13.1 Å². The predicted molar refractivity (Wildman–Crippen MR) is 80.4 cm³/mol. The second kappa shape index (κ2) is 5.95. The molecule has 0 bridgehead atoms. The third-order valence-corrected chi connectivity index (χ3v) is 4.00. The lowest BCUT2D eigenvalue weighted by Gasteiger charge is -2.26. The molecule has 1 heterocycles. The Hall–Kier alpha value is -1.36. The van der Waals surface area contributed by atoms with Gasteiger partial charge in [-0.1, -0.05) is 0 Å². The van der Waals surface area contributed by atoms with Gasteiger partial charge < -0.3 is 14.4 Å². The van der Waals surface area contributed by atoms with Crippen LogP contribution in [0.15, 0.2) is 23.1 Å². The molecule has 110 valence electrons. The molecule has 0 radical (unpaired) electrons. The molecule has 0 atom stereocenters. The van der Waals surface area contributed by atoms with E-state index in [1.54, 1.807) is 23.8 Å².